The van der Waals surface area contributed by atoms with Crippen molar-refractivity contribution in [2.24, 2.45) is 5.92 Å². The van der Waals surface area contributed by atoms with Gasteiger partial charge < -0.3 is 15.4 Å². The van der Waals surface area contributed by atoms with Crippen molar-refractivity contribution < 1.29 is 17.9 Å². The van der Waals surface area contributed by atoms with E-state index in [-0.39, 0.29) is 21.8 Å². The summed E-state index contributed by atoms with van der Waals surface area (Å²) < 4.78 is 35.2. The molecule has 1 aliphatic heterocycles. The fraction of sp³-hybridized carbons (Fsp3) is 0.440. The molecule has 3 aromatic heterocycles. The Labute approximate surface area is 217 Å². The molecule has 0 spiro atoms. The zero-order chi connectivity index (χ0) is 26.8. The Bertz CT molecular complexity index is 1390. The van der Waals surface area contributed by atoms with Crippen LogP contribution in [-0.2, 0) is 10.0 Å². The minimum absolute atomic E-state index is 0.128. The van der Waals surface area contributed by atoms with Gasteiger partial charge in [-0.3, -0.25) is 4.79 Å². The maximum absolute atomic E-state index is 13.4. The number of rotatable bonds is 9. The maximum atomic E-state index is 13.4. The summed E-state index contributed by atoms with van der Waals surface area (Å²) in [5.74, 6) is 0.695. The second-order valence-corrected chi connectivity index (χ2v) is 11.5. The third kappa shape index (κ3) is 5.68. The lowest BCUT2D eigenvalue weighted by Crippen LogP contribution is -2.41. The summed E-state index contributed by atoms with van der Waals surface area (Å²) in [5, 5.41) is 4.45. The molecule has 11 nitrogen and oxygen atoms in total. The fourth-order valence-corrected chi connectivity index (χ4v) is 5.65. The van der Waals surface area contributed by atoms with Crippen LogP contribution in [0.25, 0.3) is 5.82 Å². The van der Waals surface area contributed by atoms with E-state index in [1.54, 1.807) is 29.1 Å². The number of nitrogens with two attached hydrogens (primary N) is 1. The molecule has 3 aromatic rings. The van der Waals surface area contributed by atoms with Crippen LogP contribution in [-0.4, -0.2) is 52.8 Å². The summed E-state index contributed by atoms with van der Waals surface area (Å²) in [7, 11) is -4.26. The van der Waals surface area contributed by atoms with Crippen LogP contribution in [0, 0.1) is 5.92 Å². The topological polar surface area (TPSA) is 145 Å². The van der Waals surface area contributed by atoms with E-state index in [0.29, 0.717) is 36.6 Å². The molecule has 0 aromatic carbocycles. The van der Waals surface area contributed by atoms with Gasteiger partial charge in [-0.25, -0.2) is 27.8 Å². The zero-order valence-electron chi connectivity index (χ0n) is 21.5. The largest absolute Gasteiger partial charge is 0.477 e. The lowest BCUT2D eigenvalue weighted by molar-refractivity contribution is 0.0981. The van der Waals surface area contributed by atoms with Gasteiger partial charge in [0.1, 0.15) is 16.5 Å². The normalized spacial score (nSPS) is 17.1. The van der Waals surface area contributed by atoms with Crippen LogP contribution in [0.5, 0.6) is 5.88 Å². The Kier molecular flexibility index (Phi) is 7.39. The summed E-state index contributed by atoms with van der Waals surface area (Å²) in [4.78, 5) is 23.7. The van der Waals surface area contributed by atoms with E-state index in [2.05, 4.69) is 42.5 Å². The van der Waals surface area contributed by atoms with Gasteiger partial charge in [0.2, 0.25) is 5.88 Å². The second-order valence-electron chi connectivity index (χ2n) is 9.89. The van der Waals surface area contributed by atoms with Crippen LogP contribution in [0.1, 0.15) is 57.3 Å². The molecule has 37 heavy (non-hydrogen) atoms. The number of sulfonamides is 1. The molecule has 0 aliphatic carbocycles. The summed E-state index contributed by atoms with van der Waals surface area (Å²) in [6, 6.07) is 7.68. The quantitative estimate of drug-likeness (QED) is 0.401. The second kappa shape index (κ2) is 10.4. The highest BCUT2D eigenvalue weighted by Gasteiger charge is 2.39. The molecule has 0 unspecified atom stereocenters. The molecule has 3 N–H and O–H groups in total. The maximum Gasteiger partial charge on any atom is 0.268 e. The molecule has 4 heterocycles. The average molecular weight is 528 g/mol. The number of anilines is 2. The SMILES string of the molecule is CCCCOc1ccn(-c2ccc(C(=O)NS(=O)(=O)c3cccnc3N)c(N3C[C@@H](C)CC3(C)C)n2)n1. The Morgan fingerprint density at radius 3 is 2.73 bits per heavy atom. The minimum Gasteiger partial charge on any atom is -0.477 e. The van der Waals surface area contributed by atoms with E-state index in [0.717, 1.165) is 19.3 Å². The monoisotopic (exact) mass is 527 g/mol. The summed E-state index contributed by atoms with van der Waals surface area (Å²) in [6.07, 6.45) is 5.95. The Morgan fingerprint density at radius 1 is 1.27 bits per heavy atom. The number of hydrogen-bond acceptors (Lipinski definition) is 9. The third-order valence-corrected chi connectivity index (χ3v) is 7.68. The Morgan fingerprint density at radius 2 is 2.05 bits per heavy atom. The lowest BCUT2D eigenvalue weighted by atomic mass is 9.97. The van der Waals surface area contributed by atoms with Gasteiger partial charge in [0.05, 0.1) is 12.2 Å². The van der Waals surface area contributed by atoms with Gasteiger partial charge in [0.15, 0.2) is 5.82 Å². The first-order valence-corrected chi connectivity index (χ1v) is 13.8. The van der Waals surface area contributed by atoms with Crippen LogP contribution in [0.3, 0.4) is 0 Å². The third-order valence-electron chi connectivity index (χ3n) is 6.30. The van der Waals surface area contributed by atoms with Crippen molar-refractivity contribution in [3.8, 4) is 11.7 Å². The summed E-state index contributed by atoms with van der Waals surface area (Å²) in [5.41, 5.74) is 5.57. The molecule has 0 bridgehead atoms. The number of nitrogens with one attached hydrogen (secondary N) is 1. The molecule has 1 saturated heterocycles. The van der Waals surface area contributed by atoms with Gasteiger partial charge in [-0.05, 0) is 56.9 Å². The van der Waals surface area contributed by atoms with Crippen molar-refractivity contribution >= 4 is 27.6 Å². The van der Waals surface area contributed by atoms with Crippen LogP contribution < -0.4 is 20.1 Å². The van der Waals surface area contributed by atoms with Crippen molar-refractivity contribution in [3.63, 3.8) is 0 Å². The first-order valence-electron chi connectivity index (χ1n) is 12.3. The lowest BCUT2D eigenvalue weighted by Gasteiger charge is -2.34. The first kappa shape index (κ1) is 26.4. The highest BCUT2D eigenvalue weighted by atomic mass is 32.2. The molecule has 198 valence electrons. The number of hydrogen-bond donors (Lipinski definition) is 2. The molecular weight excluding hydrogens is 494 g/mol. The van der Waals surface area contributed by atoms with Crippen molar-refractivity contribution in [1.82, 2.24) is 24.5 Å². The molecular formula is C25H33N7O4S. The number of nitrogen functional groups attached to an aromatic ring is 1. The van der Waals surface area contributed by atoms with Crippen LogP contribution in [0.4, 0.5) is 11.6 Å². The molecule has 4 rings (SSSR count). The average Bonchev–Trinajstić information content (AvgIpc) is 3.41. The minimum atomic E-state index is -4.26. The number of amides is 1. The predicted molar refractivity (Wildman–Crippen MR) is 140 cm³/mol. The standard InChI is InChI=1S/C25H33N7O4S/c1-5-6-14-36-21-11-13-32(29-21)20-10-9-18(23(28-20)31-16-17(2)15-25(31,3)4)24(33)30-37(34,35)19-8-7-12-27-22(19)26/h7-13,17H,5-6,14-16H2,1-4H3,(H2,26,27)(H,30,33)/t17-/m0/s1. The van der Waals surface area contributed by atoms with Gasteiger partial charge in [-0.2, -0.15) is 0 Å². The number of nitrogens with zero attached hydrogens (tertiary/aromatic N) is 5. The molecule has 0 saturated carbocycles. The number of aromatic nitrogens is 4. The number of carbonyl (C=O) groups excluding carboxylic acids is 1. The van der Waals surface area contributed by atoms with Gasteiger partial charge in [0.25, 0.3) is 15.9 Å². The van der Waals surface area contributed by atoms with E-state index in [1.807, 2.05) is 4.90 Å². The molecule has 0 radical (unpaired) electrons. The van der Waals surface area contributed by atoms with Crippen molar-refractivity contribution in [2.75, 3.05) is 23.8 Å². The van der Waals surface area contributed by atoms with Crippen LogP contribution >= 0.6 is 0 Å². The van der Waals surface area contributed by atoms with Crippen molar-refractivity contribution in [1.29, 1.82) is 0 Å². The molecule has 1 atom stereocenters. The molecule has 12 heteroatoms. The zero-order valence-corrected chi connectivity index (χ0v) is 22.3. The highest BCUT2D eigenvalue weighted by molar-refractivity contribution is 7.90. The van der Waals surface area contributed by atoms with Gasteiger partial charge in [-0.15, -0.1) is 5.10 Å². The number of pyridine rings is 2. The number of unbranched alkanes of at least 4 members (excludes halogenated alkanes) is 1. The van der Waals surface area contributed by atoms with Gasteiger partial charge in [0, 0.05) is 30.5 Å². The first-order chi connectivity index (χ1) is 17.5. The molecule has 1 fully saturated rings. The molecule has 1 aliphatic rings. The van der Waals surface area contributed by atoms with Crippen LogP contribution in [0.2, 0.25) is 0 Å². The summed E-state index contributed by atoms with van der Waals surface area (Å²) in [6.45, 7) is 9.61. The van der Waals surface area contributed by atoms with Gasteiger partial charge >= 0.3 is 0 Å². The predicted octanol–water partition coefficient (Wildman–Crippen LogP) is 3.17. The van der Waals surface area contributed by atoms with E-state index in [1.165, 1.54) is 18.3 Å². The highest BCUT2D eigenvalue weighted by Crippen LogP contribution is 2.37. The fourth-order valence-electron chi connectivity index (χ4n) is 4.60. The molecule has 1 amide bonds. The number of carbonyl (C=O) groups is 1. The van der Waals surface area contributed by atoms with E-state index >= 15 is 0 Å². The van der Waals surface area contributed by atoms with Gasteiger partial charge in [-0.1, -0.05) is 20.3 Å². The summed E-state index contributed by atoms with van der Waals surface area (Å²) >= 11 is 0. The smallest absolute Gasteiger partial charge is 0.268 e. The van der Waals surface area contributed by atoms with Crippen LogP contribution in [0.15, 0.2) is 47.6 Å². The Balaban J connectivity index is 1.71. The number of ether oxygens (including phenoxy) is 1. The Hall–Kier alpha value is -3.67. The van der Waals surface area contributed by atoms with E-state index in [9.17, 15) is 13.2 Å². The van der Waals surface area contributed by atoms with E-state index in [4.69, 9.17) is 15.5 Å². The van der Waals surface area contributed by atoms with Crippen molar-refractivity contribution in [2.45, 2.75) is 57.4 Å². The van der Waals surface area contributed by atoms with E-state index < -0.39 is 15.9 Å². The van der Waals surface area contributed by atoms with Crippen molar-refractivity contribution in [3.05, 3.63) is 48.3 Å².